The zero-order valence-corrected chi connectivity index (χ0v) is 15.8. The van der Waals surface area contributed by atoms with Gasteiger partial charge in [-0.3, -0.25) is 5.73 Å². The number of hydrogen-bond donors (Lipinski definition) is 2. The van der Waals surface area contributed by atoms with Crippen molar-refractivity contribution in [1.29, 1.82) is 0 Å². The van der Waals surface area contributed by atoms with Crippen molar-refractivity contribution in [1.82, 2.24) is 4.90 Å². The van der Waals surface area contributed by atoms with Gasteiger partial charge in [-0.15, -0.1) is 0 Å². The Bertz CT molecular complexity index is 898. The van der Waals surface area contributed by atoms with Crippen molar-refractivity contribution in [3.8, 4) is 0 Å². The fourth-order valence-electron chi connectivity index (χ4n) is 3.62. The fourth-order valence-corrected chi connectivity index (χ4v) is 3.74. The third kappa shape index (κ3) is 3.70. The molecule has 4 N–H and O–H groups in total. The molecular formula is C22H23ClN4. The molecule has 0 bridgehead atoms. The van der Waals surface area contributed by atoms with Gasteiger partial charge >= 0.3 is 0 Å². The summed E-state index contributed by atoms with van der Waals surface area (Å²) in [6.45, 7) is 1.38. The third-order valence-corrected chi connectivity index (χ3v) is 5.31. The van der Waals surface area contributed by atoms with Crippen LogP contribution in [-0.4, -0.2) is 11.2 Å². The zero-order chi connectivity index (χ0) is 18.8. The molecule has 0 fully saturated rings. The second kappa shape index (κ2) is 7.71. The smallest absolute Gasteiger partial charge is 0.136 e. The SMILES string of the molecule is NC1c2ccccc2N(Cc2ccc(Cl)cc2)C(N)N1Cc1ccccc1. The van der Waals surface area contributed by atoms with Gasteiger partial charge in [-0.05, 0) is 29.3 Å². The largest absolute Gasteiger partial charge is 0.339 e. The van der Waals surface area contributed by atoms with Gasteiger partial charge < -0.3 is 10.6 Å². The number of fused-ring (bicyclic) bond motifs is 1. The maximum Gasteiger partial charge on any atom is 0.136 e. The van der Waals surface area contributed by atoms with E-state index in [0.29, 0.717) is 13.1 Å². The molecule has 1 aliphatic rings. The summed E-state index contributed by atoms with van der Waals surface area (Å²) in [5.74, 6) is 0. The van der Waals surface area contributed by atoms with Gasteiger partial charge in [-0.1, -0.05) is 72.3 Å². The Morgan fingerprint density at radius 2 is 1.37 bits per heavy atom. The maximum atomic E-state index is 6.70. The first kappa shape index (κ1) is 18.0. The molecule has 138 valence electrons. The van der Waals surface area contributed by atoms with Crippen LogP contribution in [-0.2, 0) is 13.1 Å². The summed E-state index contributed by atoms with van der Waals surface area (Å²) in [7, 11) is 0. The highest BCUT2D eigenvalue weighted by Gasteiger charge is 2.35. The van der Waals surface area contributed by atoms with E-state index in [2.05, 4.69) is 34.1 Å². The maximum absolute atomic E-state index is 6.70. The lowest BCUT2D eigenvalue weighted by molar-refractivity contribution is 0.112. The van der Waals surface area contributed by atoms with Crippen LogP contribution >= 0.6 is 11.6 Å². The van der Waals surface area contributed by atoms with Crippen LogP contribution in [0.25, 0.3) is 0 Å². The molecule has 4 nitrogen and oxygen atoms in total. The summed E-state index contributed by atoms with van der Waals surface area (Å²) in [4.78, 5) is 4.33. The zero-order valence-electron chi connectivity index (χ0n) is 15.0. The molecule has 27 heavy (non-hydrogen) atoms. The van der Waals surface area contributed by atoms with Crippen LogP contribution in [0, 0.1) is 0 Å². The summed E-state index contributed by atoms with van der Waals surface area (Å²) in [6, 6.07) is 26.4. The molecule has 0 aromatic heterocycles. The number of nitrogens with two attached hydrogens (primary N) is 2. The van der Waals surface area contributed by atoms with E-state index in [1.165, 1.54) is 5.56 Å². The number of rotatable bonds is 4. The highest BCUT2D eigenvalue weighted by atomic mass is 35.5. The van der Waals surface area contributed by atoms with Crippen molar-refractivity contribution < 1.29 is 0 Å². The predicted octanol–water partition coefficient (Wildman–Crippen LogP) is 4.06. The van der Waals surface area contributed by atoms with Crippen molar-refractivity contribution in [2.75, 3.05) is 4.90 Å². The molecule has 2 unspecified atom stereocenters. The van der Waals surface area contributed by atoms with Crippen LogP contribution in [0.3, 0.4) is 0 Å². The van der Waals surface area contributed by atoms with Crippen molar-refractivity contribution in [2.24, 2.45) is 11.5 Å². The second-order valence-electron chi connectivity index (χ2n) is 6.83. The van der Waals surface area contributed by atoms with Gasteiger partial charge in [0.2, 0.25) is 0 Å². The van der Waals surface area contributed by atoms with E-state index in [0.717, 1.165) is 21.8 Å². The molecule has 5 heteroatoms. The Kier molecular flexibility index (Phi) is 5.14. The molecule has 0 radical (unpaired) electrons. The molecule has 0 aliphatic carbocycles. The van der Waals surface area contributed by atoms with E-state index in [9.17, 15) is 0 Å². The lowest BCUT2D eigenvalue weighted by Crippen LogP contribution is -2.59. The highest BCUT2D eigenvalue weighted by Crippen LogP contribution is 2.36. The predicted molar refractivity (Wildman–Crippen MR) is 111 cm³/mol. The number of benzene rings is 3. The number of para-hydroxylation sites is 1. The van der Waals surface area contributed by atoms with Gasteiger partial charge in [0.25, 0.3) is 0 Å². The van der Waals surface area contributed by atoms with E-state index in [1.807, 2.05) is 54.6 Å². The molecule has 0 amide bonds. The van der Waals surface area contributed by atoms with Gasteiger partial charge in [0.1, 0.15) is 6.29 Å². The molecule has 2 atom stereocenters. The minimum absolute atomic E-state index is 0.252. The monoisotopic (exact) mass is 378 g/mol. The topological polar surface area (TPSA) is 58.5 Å². The van der Waals surface area contributed by atoms with Gasteiger partial charge in [0.05, 0.1) is 6.17 Å². The van der Waals surface area contributed by atoms with E-state index in [1.54, 1.807) is 0 Å². The number of anilines is 1. The van der Waals surface area contributed by atoms with Crippen molar-refractivity contribution >= 4 is 17.3 Å². The minimum Gasteiger partial charge on any atom is -0.339 e. The number of halogens is 1. The van der Waals surface area contributed by atoms with Crippen LogP contribution < -0.4 is 16.4 Å². The lowest BCUT2D eigenvalue weighted by atomic mass is 10.0. The van der Waals surface area contributed by atoms with E-state index in [4.69, 9.17) is 23.1 Å². The van der Waals surface area contributed by atoms with E-state index >= 15 is 0 Å². The average molecular weight is 379 g/mol. The summed E-state index contributed by atoms with van der Waals surface area (Å²) >= 11 is 6.03. The molecule has 3 aromatic rings. The highest BCUT2D eigenvalue weighted by molar-refractivity contribution is 6.30. The lowest BCUT2D eigenvalue weighted by Gasteiger charge is -2.47. The van der Waals surface area contributed by atoms with E-state index < -0.39 is 0 Å². The molecular weight excluding hydrogens is 356 g/mol. The van der Waals surface area contributed by atoms with Crippen LogP contribution in [0.2, 0.25) is 5.02 Å². The minimum atomic E-state index is -0.328. The summed E-state index contributed by atoms with van der Waals surface area (Å²) in [5, 5.41) is 0.731. The quantitative estimate of drug-likeness (QED) is 0.718. The van der Waals surface area contributed by atoms with Gasteiger partial charge in [-0.2, -0.15) is 0 Å². The molecule has 4 rings (SSSR count). The first-order valence-corrected chi connectivity index (χ1v) is 9.42. The molecule has 1 heterocycles. The molecule has 0 saturated carbocycles. The van der Waals surface area contributed by atoms with Crippen LogP contribution in [0.4, 0.5) is 5.69 Å². The first-order valence-electron chi connectivity index (χ1n) is 9.04. The Balaban J connectivity index is 1.68. The summed E-state index contributed by atoms with van der Waals surface area (Å²) in [5.41, 5.74) is 17.8. The molecule has 3 aromatic carbocycles. The van der Waals surface area contributed by atoms with Gasteiger partial charge in [0.15, 0.2) is 0 Å². The average Bonchev–Trinajstić information content (AvgIpc) is 2.71. The first-order chi connectivity index (χ1) is 13.1. The van der Waals surface area contributed by atoms with Crippen molar-refractivity contribution in [3.05, 3.63) is 101 Å². The standard InChI is InChI=1S/C22H23ClN4/c23-18-12-10-17(11-13-18)14-26-20-9-5-4-8-19(20)21(24)27(22(26)25)15-16-6-2-1-3-7-16/h1-13,21-22H,14-15,24-25H2. The summed E-state index contributed by atoms with van der Waals surface area (Å²) in [6.07, 6.45) is -0.580. The Morgan fingerprint density at radius 3 is 2.11 bits per heavy atom. The fraction of sp³-hybridized carbons (Fsp3) is 0.182. The number of nitrogens with zero attached hydrogens (tertiary/aromatic N) is 2. The van der Waals surface area contributed by atoms with Crippen LogP contribution in [0.1, 0.15) is 22.9 Å². The van der Waals surface area contributed by atoms with Gasteiger partial charge in [0, 0.05) is 29.4 Å². The second-order valence-corrected chi connectivity index (χ2v) is 7.27. The van der Waals surface area contributed by atoms with Crippen molar-refractivity contribution in [2.45, 2.75) is 25.5 Å². The molecule has 0 saturated heterocycles. The normalized spacial score (nSPS) is 19.7. The summed E-state index contributed by atoms with van der Waals surface area (Å²) < 4.78 is 0. The number of hydrogen-bond acceptors (Lipinski definition) is 4. The molecule has 0 spiro atoms. The third-order valence-electron chi connectivity index (χ3n) is 5.06. The van der Waals surface area contributed by atoms with Crippen LogP contribution in [0.15, 0.2) is 78.9 Å². The Labute approximate surface area is 165 Å². The Hall–Kier alpha value is -2.37. The van der Waals surface area contributed by atoms with Crippen LogP contribution in [0.5, 0.6) is 0 Å². The van der Waals surface area contributed by atoms with Gasteiger partial charge in [-0.25, -0.2) is 4.90 Å². The van der Waals surface area contributed by atoms with E-state index in [-0.39, 0.29) is 12.5 Å². The Morgan fingerprint density at radius 1 is 0.741 bits per heavy atom. The van der Waals surface area contributed by atoms with Crippen molar-refractivity contribution in [3.63, 3.8) is 0 Å². The molecule has 1 aliphatic heterocycles.